The molecular weight excluding hydrogens is 332 g/mol. The van der Waals surface area contributed by atoms with Crippen molar-refractivity contribution in [3.05, 3.63) is 48.2 Å². The first-order valence-electron chi connectivity index (χ1n) is 8.86. The molecule has 2 N–H and O–H groups in total. The third kappa shape index (κ3) is 4.92. The molecule has 3 rings (SSSR count). The van der Waals surface area contributed by atoms with E-state index in [1.165, 1.54) is 0 Å². The SMILES string of the molecule is CCN(CC(=O)O)C1CC(Nc2nccc(OCc3ccccc3)n2)C1. The van der Waals surface area contributed by atoms with Gasteiger partial charge in [0.1, 0.15) is 6.61 Å². The number of rotatable bonds is 9. The van der Waals surface area contributed by atoms with Crippen LogP contribution in [0.15, 0.2) is 42.6 Å². The van der Waals surface area contributed by atoms with Crippen LogP contribution in [0.1, 0.15) is 25.3 Å². The Kier molecular flexibility index (Phi) is 6.01. The van der Waals surface area contributed by atoms with Crippen LogP contribution in [0.2, 0.25) is 0 Å². The number of hydrogen-bond donors (Lipinski definition) is 2. The van der Waals surface area contributed by atoms with Crippen LogP contribution in [0.4, 0.5) is 5.95 Å². The molecule has 138 valence electrons. The molecular formula is C19H24N4O3. The molecule has 1 heterocycles. The predicted molar refractivity (Wildman–Crippen MR) is 98.1 cm³/mol. The zero-order chi connectivity index (χ0) is 18.4. The normalized spacial score (nSPS) is 19.0. The van der Waals surface area contributed by atoms with E-state index in [1.807, 2.05) is 42.2 Å². The van der Waals surface area contributed by atoms with E-state index in [4.69, 9.17) is 9.84 Å². The minimum atomic E-state index is -0.783. The van der Waals surface area contributed by atoms with E-state index < -0.39 is 5.97 Å². The molecule has 0 spiro atoms. The van der Waals surface area contributed by atoms with Gasteiger partial charge in [-0.25, -0.2) is 4.98 Å². The smallest absolute Gasteiger partial charge is 0.317 e. The molecule has 7 nitrogen and oxygen atoms in total. The molecule has 1 aromatic carbocycles. The fraction of sp³-hybridized carbons (Fsp3) is 0.421. The molecule has 0 bridgehead atoms. The molecule has 26 heavy (non-hydrogen) atoms. The lowest BCUT2D eigenvalue weighted by Gasteiger charge is -2.42. The summed E-state index contributed by atoms with van der Waals surface area (Å²) < 4.78 is 5.72. The zero-order valence-corrected chi connectivity index (χ0v) is 14.8. The standard InChI is InChI=1S/C19H24N4O3/c1-2-23(12-18(24)25)16-10-15(11-16)21-19-20-9-8-17(22-19)26-13-14-6-4-3-5-7-14/h3-9,15-16H,2,10-13H2,1H3,(H,24,25)(H,20,21,22). The number of likely N-dealkylation sites (N-methyl/N-ethyl adjacent to an activating group) is 1. The highest BCUT2D eigenvalue weighted by Crippen LogP contribution is 2.28. The molecule has 0 radical (unpaired) electrons. The van der Waals surface area contributed by atoms with Gasteiger partial charge in [-0.05, 0) is 24.9 Å². The number of ether oxygens (including phenoxy) is 1. The number of hydrogen-bond acceptors (Lipinski definition) is 6. The Morgan fingerprint density at radius 3 is 2.77 bits per heavy atom. The summed E-state index contributed by atoms with van der Waals surface area (Å²) in [5.74, 6) is 0.290. The number of anilines is 1. The average molecular weight is 356 g/mol. The van der Waals surface area contributed by atoms with Crippen LogP contribution in [-0.4, -0.2) is 51.1 Å². The lowest BCUT2D eigenvalue weighted by molar-refractivity contribution is -0.139. The van der Waals surface area contributed by atoms with E-state index in [0.717, 1.165) is 24.9 Å². The Hall–Kier alpha value is -2.67. The molecule has 0 atom stereocenters. The Labute approximate surface area is 153 Å². The number of nitrogens with zero attached hydrogens (tertiary/aromatic N) is 3. The summed E-state index contributed by atoms with van der Waals surface area (Å²) >= 11 is 0. The first-order chi connectivity index (χ1) is 12.6. The number of carboxylic acids is 1. The van der Waals surface area contributed by atoms with Gasteiger partial charge in [0.25, 0.3) is 0 Å². The van der Waals surface area contributed by atoms with Gasteiger partial charge in [0.15, 0.2) is 0 Å². The molecule has 1 fully saturated rings. The highest BCUT2D eigenvalue weighted by atomic mass is 16.5. The van der Waals surface area contributed by atoms with E-state index in [9.17, 15) is 4.79 Å². The van der Waals surface area contributed by atoms with Gasteiger partial charge in [0, 0.05) is 24.3 Å². The second kappa shape index (κ2) is 8.62. The van der Waals surface area contributed by atoms with Crippen LogP contribution in [0.3, 0.4) is 0 Å². The van der Waals surface area contributed by atoms with Gasteiger partial charge in [0.05, 0.1) is 6.54 Å². The monoisotopic (exact) mass is 356 g/mol. The van der Waals surface area contributed by atoms with Crippen LogP contribution < -0.4 is 10.1 Å². The van der Waals surface area contributed by atoms with Gasteiger partial charge < -0.3 is 15.2 Å². The molecule has 0 saturated heterocycles. The zero-order valence-electron chi connectivity index (χ0n) is 14.8. The maximum Gasteiger partial charge on any atom is 0.317 e. The van der Waals surface area contributed by atoms with Crippen molar-refractivity contribution < 1.29 is 14.6 Å². The second-order valence-corrected chi connectivity index (χ2v) is 6.42. The van der Waals surface area contributed by atoms with Crippen LogP contribution in [0.25, 0.3) is 0 Å². The van der Waals surface area contributed by atoms with Crippen molar-refractivity contribution in [2.75, 3.05) is 18.4 Å². The minimum absolute atomic E-state index is 0.0905. The maximum atomic E-state index is 10.9. The molecule has 2 aromatic rings. The summed E-state index contributed by atoms with van der Waals surface area (Å²) in [7, 11) is 0. The second-order valence-electron chi connectivity index (χ2n) is 6.42. The third-order valence-corrected chi connectivity index (χ3v) is 4.57. The fourth-order valence-electron chi connectivity index (χ4n) is 3.08. The average Bonchev–Trinajstić information content (AvgIpc) is 2.62. The molecule has 1 saturated carbocycles. The molecule has 7 heteroatoms. The van der Waals surface area contributed by atoms with Crippen LogP contribution >= 0.6 is 0 Å². The van der Waals surface area contributed by atoms with Crippen molar-refractivity contribution in [1.82, 2.24) is 14.9 Å². The topological polar surface area (TPSA) is 87.6 Å². The van der Waals surface area contributed by atoms with Crippen molar-refractivity contribution >= 4 is 11.9 Å². The van der Waals surface area contributed by atoms with Gasteiger partial charge in [-0.1, -0.05) is 37.3 Å². The summed E-state index contributed by atoms with van der Waals surface area (Å²) in [5.41, 5.74) is 1.08. The van der Waals surface area contributed by atoms with E-state index in [2.05, 4.69) is 15.3 Å². The van der Waals surface area contributed by atoms with E-state index in [-0.39, 0.29) is 12.6 Å². The van der Waals surface area contributed by atoms with Gasteiger partial charge in [-0.2, -0.15) is 4.98 Å². The third-order valence-electron chi connectivity index (χ3n) is 4.57. The molecule has 1 aromatic heterocycles. The highest BCUT2D eigenvalue weighted by molar-refractivity contribution is 5.69. The number of nitrogens with one attached hydrogen (secondary N) is 1. The van der Waals surface area contributed by atoms with Crippen molar-refractivity contribution in [2.24, 2.45) is 0 Å². The van der Waals surface area contributed by atoms with Crippen molar-refractivity contribution in [3.63, 3.8) is 0 Å². The van der Waals surface area contributed by atoms with Gasteiger partial charge >= 0.3 is 5.97 Å². The van der Waals surface area contributed by atoms with Crippen LogP contribution in [0, 0.1) is 0 Å². The molecule has 0 unspecified atom stereocenters. The minimum Gasteiger partial charge on any atom is -0.480 e. The molecule has 1 aliphatic rings. The van der Waals surface area contributed by atoms with Crippen LogP contribution in [-0.2, 0) is 11.4 Å². The number of carboxylic acid groups (broad SMARTS) is 1. The lowest BCUT2D eigenvalue weighted by Crippen LogP contribution is -2.51. The van der Waals surface area contributed by atoms with Crippen molar-refractivity contribution in [2.45, 2.75) is 38.5 Å². The summed E-state index contributed by atoms with van der Waals surface area (Å²) in [6, 6.07) is 12.2. The number of aliphatic carboxylic acids is 1. The summed E-state index contributed by atoms with van der Waals surface area (Å²) in [5, 5.41) is 12.3. The summed E-state index contributed by atoms with van der Waals surface area (Å²) in [6.45, 7) is 3.28. The summed E-state index contributed by atoms with van der Waals surface area (Å²) in [4.78, 5) is 21.5. The molecule has 1 aliphatic carbocycles. The van der Waals surface area contributed by atoms with Crippen LogP contribution in [0.5, 0.6) is 5.88 Å². The Balaban J connectivity index is 1.48. The van der Waals surface area contributed by atoms with Crippen molar-refractivity contribution in [1.29, 1.82) is 0 Å². The predicted octanol–water partition coefficient (Wildman–Crippen LogP) is 2.40. The van der Waals surface area contributed by atoms with Gasteiger partial charge in [0.2, 0.25) is 11.8 Å². The van der Waals surface area contributed by atoms with Crippen molar-refractivity contribution in [3.8, 4) is 5.88 Å². The number of aromatic nitrogens is 2. The Bertz CT molecular complexity index is 720. The van der Waals surface area contributed by atoms with E-state index >= 15 is 0 Å². The maximum absolute atomic E-state index is 10.9. The first-order valence-corrected chi connectivity index (χ1v) is 8.86. The number of carbonyl (C=O) groups is 1. The highest BCUT2D eigenvalue weighted by Gasteiger charge is 2.34. The Morgan fingerprint density at radius 2 is 2.08 bits per heavy atom. The Morgan fingerprint density at radius 1 is 1.31 bits per heavy atom. The lowest BCUT2D eigenvalue weighted by atomic mass is 9.85. The van der Waals surface area contributed by atoms with Gasteiger partial charge in [-0.3, -0.25) is 9.69 Å². The largest absolute Gasteiger partial charge is 0.480 e. The first kappa shape index (κ1) is 18.1. The number of benzene rings is 1. The fourth-order valence-corrected chi connectivity index (χ4v) is 3.08. The quantitative estimate of drug-likeness (QED) is 0.713. The summed E-state index contributed by atoms with van der Waals surface area (Å²) in [6.07, 6.45) is 3.45. The molecule has 0 amide bonds. The van der Waals surface area contributed by atoms with Gasteiger partial charge in [-0.15, -0.1) is 0 Å². The van der Waals surface area contributed by atoms with E-state index in [0.29, 0.717) is 24.5 Å². The van der Waals surface area contributed by atoms with E-state index in [1.54, 1.807) is 12.3 Å². The molecule has 0 aliphatic heterocycles.